The molecule has 1 atom stereocenters. The summed E-state index contributed by atoms with van der Waals surface area (Å²) in [4.78, 5) is 4.61. The second-order valence-electron chi connectivity index (χ2n) is 4.99. The predicted octanol–water partition coefficient (Wildman–Crippen LogP) is 3.00. The Bertz CT molecular complexity index is 598. The van der Waals surface area contributed by atoms with Crippen LogP contribution in [0.4, 0.5) is 11.4 Å². The molecule has 0 saturated carbocycles. The van der Waals surface area contributed by atoms with Gasteiger partial charge in [-0.05, 0) is 34.1 Å². The third-order valence-electron chi connectivity index (χ3n) is 3.83. The van der Waals surface area contributed by atoms with Gasteiger partial charge < -0.3 is 20.0 Å². The third-order valence-corrected chi connectivity index (χ3v) is 4.48. The highest BCUT2D eigenvalue weighted by molar-refractivity contribution is 9.10. The van der Waals surface area contributed by atoms with Crippen molar-refractivity contribution in [1.82, 2.24) is 0 Å². The molecule has 0 saturated heterocycles. The molecule has 0 spiro atoms. The Morgan fingerprint density at radius 3 is 2.65 bits per heavy atom. The SMILES string of the molecule is CN1CCN(C(CN)c2occc2Br)c2ccccc21. The quantitative estimate of drug-likeness (QED) is 0.936. The molecule has 2 aromatic rings. The van der Waals surface area contributed by atoms with E-state index in [-0.39, 0.29) is 6.04 Å². The maximum atomic E-state index is 6.02. The summed E-state index contributed by atoms with van der Waals surface area (Å²) < 4.78 is 6.61. The molecule has 2 heterocycles. The first-order valence-electron chi connectivity index (χ1n) is 6.72. The molecular weight excluding hydrogens is 318 g/mol. The fourth-order valence-corrected chi connectivity index (χ4v) is 3.24. The number of furan rings is 1. The molecule has 106 valence electrons. The second-order valence-corrected chi connectivity index (χ2v) is 5.84. The number of hydrogen-bond acceptors (Lipinski definition) is 4. The lowest BCUT2D eigenvalue weighted by Gasteiger charge is -2.40. The molecular formula is C15H18BrN3O. The van der Waals surface area contributed by atoms with Gasteiger partial charge in [0.2, 0.25) is 0 Å². The first kappa shape index (κ1) is 13.5. The van der Waals surface area contributed by atoms with Crippen molar-refractivity contribution in [2.24, 2.45) is 5.73 Å². The number of para-hydroxylation sites is 2. The van der Waals surface area contributed by atoms with E-state index in [1.165, 1.54) is 11.4 Å². The van der Waals surface area contributed by atoms with Crippen LogP contribution in [-0.2, 0) is 0 Å². The number of anilines is 2. The zero-order valence-corrected chi connectivity index (χ0v) is 13.0. The fraction of sp³-hybridized carbons (Fsp3) is 0.333. The van der Waals surface area contributed by atoms with E-state index < -0.39 is 0 Å². The molecule has 1 unspecified atom stereocenters. The van der Waals surface area contributed by atoms with E-state index in [1.807, 2.05) is 6.07 Å². The lowest BCUT2D eigenvalue weighted by atomic mass is 10.1. The molecule has 1 aliphatic rings. The van der Waals surface area contributed by atoms with Crippen LogP contribution in [0.25, 0.3) is 0 Å². The minimum atomic E-state index is 0.0502. The van der Waals surface area contributed by atoms with Gasteiger partial charge in [-0.1, -0.05) is 12.1 Å². The van der Waals surface area contributed by atoms with E-state index in [9.17, 15) is 0 Å². The summed E-state index contributed by atoms with van der Waals surface area (Å²) in [5.41, 5.74) is 8.46. The van der Waals surface area contributed by atoms with Crippen LogP contribution in [0, 0.1) is 0 Å². The molecule has 4 nitrogen and oxygen atoms in total. The number of fused-ring (bicyclic) bond motifs is 1. The Hall–Kier alpha value is -1.46. The molecule has 1 aliphatic heterocycles. The van der Waals surface area contributed by atoms with Crippen molar-refractivity contribution in [2.45, 2.75) is 6.04 Å². The molecule has 20 heavy (non-hydrogen) atoms. The third kappa shape index (κ3) is 2.21. The highest BCUT2D eigenvalue weighted by Gasteiger charge is 2.29. The fourth-order valence-electron chi connectivity index (χ4n) is 2.77. The molecule has 5 heteroatoms. The number of rotatable bonds is 3. The molecule has 0 amide bonds. The van der Waals surface area contributed by atoms with Crippen LogP contribution < -0.4 is 15.5 Å². The average Bonchev–Trinajstić information content (AvgIpc) is 2.89. The molecule has 2 N–H and O–H groups in total. The van der Waals surface area contributed by atoms with Crippen molar-refractivity contribution in [3.05, 3.63) is 46.8 Å². The predicted molar refractivity (Wildman–Crippen MR) is 85.3 cm³/mol. The van der Waals surface area contributed by atoms with E-state index in [0.717, 1.165) is 23.3 Å². The Labute approximate surface area is 127 Å². The topological polar surface area (TPSA) is 45.6 Å². The van der Waals surface area contributed by atoms with Gasteiger partial charge in [-0.15, -0.1) is 0 Å². The molecule has 1 aromatic heterocycles. The van der Waals surface area contributed by atoms with Gasteiger partial charge >= 0.3 is 0 Å². The first-order valence-corrected chi connectivity index (χ1v) is 7.51. The van der Waals surface area contributed by atoms with Gasteiger partial charge in [-0.3, -0.25) is 0 Å². The summed E-state index contributed by atoms with van der Waals surface area (Å²) >= 11 is 3.54. The van der Waals surface area contributed by atoms with Gasteiger partial charge in [0, 0.05) is 26.7 Å². The van der Waals surface area contributed by atoms with Crippen LogP contribution in [-0.4, -0.2) is 26.7 Å². The Morgan fingerprint density at radius 2 is 2.00 bits per heavy atom. The van der Waals surface area contributed by atoms with Crippen molar-refractivity contribution in [1.29, 1.82) is 0 Å². The smallest absolute Gasteiger partial charge is 0.141 e. The van der Waals surface area contributed by atoms with Crippen molar-refractivity contribution in [3.63, 3.8) is 0 Å². The molecule has 3 rings (SSSR count). The van der Waals surface area contributed by atoms with Crippen LogP contribution in [0.3, 0.4) is 0 Å². The summed E-state index contributed by atoms with van der Waals surface area (Å²) in [6.07, 6.45) is 1.70. The Kier molecular flexibility index (Phi) is 3.72. The summed E-state index contributed by atoms with van der Waals surface area (Å²) in [5.74, 6) is 0.895. The van der Waals surface area contributed by atoms with Crippen LogP contribution in [0.15, 0.2) is 45.5 Å². The lowest BCUT2D eigenvalue weighted by molar-refractivity contribution is 0.446. The molecule has 0 bridgehead atoms. The summed E-state index contributed by atoms with van der Waals surface area (Å²) in [6.45, 7) is 2.43. The van der Waals surface area contributed by atoms with Gasteiger partial charge in [0.05, 0.1) is 22.1 Å². The maximum absolute atomic E-state index is 6.02. The highest BCUT2D eigenvalue weighted by Crippen LogP contribution is 2.38. The number of nitrogens with two attached hydrogens (primary N) is 1. The number of likely N-dealkylation sites (N-methyl/N-ethyl adjacent to an activating group) is 1. The number of benzene rings is 1. The highest BCUT2D eigenvalue weighted by atomic mass is 79.9. The van der Waals surface area contributed by atoms with Gasteiger partial charge in [0.25, 0.3) is 0 Å². The van der Waals surface area contributed by atoms with Crippen molar-refractivity contribution >= 4 is 27.3 Å². The average molecular weight is 336 g/mol. The lowest BCUT2D eigenvalue weighted by Crippen LogP contribution is -2.43. The number of nitrogens with zero attached hydrogens (tertiary/aromatic N) is 2. The summed E-state index contributed by atoms with van der Waals surface area (Å²) in [7, 11) is 2.12. The maximum Gasteiger partial charge on any atom is 0.141 e. The van der Waals surface area contributed by atoms with Gasteiger partial charge in [-0.25, -0.2) is 0 Å². The van der Waals surface area contributed by atoms with Crippen LogP contribution >= 0.6 is 15.9 Å². The van der Waals surface area contributed by atoms with Crippen molar-refractivity contribution in [3.8, 4) is 0 Å². The van der Waals surface area contributed by atoms with Gasteiger partial charge in [0.1, 0.15) is 11.8 Å². The number of halogens is 1. The van der Waals surface area contributed by atoms with Gasteiger partial charge in [-0.2, -0.15) is 0 Å². The molecule has 0 aliphatic carbocycles. The molecule has 0 fully saturated rings. The minimum absolute atomic E-state index is 0.0502. The van der Waals surface area contributed by atoms with Gasteiger partial charge in [0.15, 0.2) is 0 Å². The van der Waals surface area contributed by atoms with E-state index >= 15 is 0 Å². The van der Waals surface area contributed by atoms with E-state index in [0.29, 0.717) is 6.54 Å². The van der Waals surface area contributed by atoms with Crippen molar-refractivity contribution < 1.29 is 4.42 Å². The Morgan fingerprint density at radius 1 is 1.25 bits per heavy atom. The van der Waals surface area contributed by atoms with E-state index in [2.05, 4.69) is 57.0 Å². The summed E-state index contributed by atoms with van der Waals surface area (Å²) in [6, 6.07) is 10.4. The van der Waals surface area contributed by atoms with E-state index in [1.54, 1.807) is 6.26 Å². The van der Waals surface area contributed by atoms with Crippen LogP contribution in [0.2, 0.25) is 0 Å². The normalized spacial score (nSPS) is 16.1. The second kappa shape index (κ2) is 5.50. The largest absolute Gasteiger partial charge is 0.466 e. The zero-order chi connectivity index (χ0) is 14.1. The minimum Gasteiger partial charge on any atom is -0.466 e. The number of hydrogen-bond donors (Lipinski definition) is 1. The first-order chi connectivity index (χ1) is 9.72. The summed E-state index contributed by atoms with van der Waals surface area (Å²) in [5, 5.41) is 0. The van der Waals surface area contributed by atoms with Crippen LogP contribution in [0.1, 0.15) is 11.8 Å². The standard InChI is InChI=1S/C15H18BrN3O/c1-18-7-8-19(13-5-3-2-4-12(13)18)14(10-17)15-11(16)6-9-20-15/h2-6,9,14H,7-8,10,17H2,1H3. The van der Waals surface area contributed by atoms with Crippen LogP contribution in [0.5, 0.6) is 0 Å². The van der Waals surface area contributed by atoms with E-state index in [4.69, 9.17) is 10.2 Å². The monoisotopic (exact) mass is 335 g/mol. The van der Waals surface area contributed by atoms with Crippen molar-refractivity contribution in [2.75, 3.05) is 36.5 Å². The molecule has 1 aromatic carbocycles. The zero-order valence-electron chi connectivity index (χ0n) is 11.4. The Balaban J connectivity index is 2.02. The molecule has 0 radical (unpaired) electrons.